The summed E-state index contributed by atoms with van der Waals surface area (Å²) in [7, 11) is 1.84. The predicted octanol–water partition coefficient (Wildman–Crippen LogP) is 1.12. The molecule has 1 fully saturated rings. The minimum absolute atomic E-state index is 0.0603. The van der Waals surface area contributed by atoms with Crippen LogP contribution in [-0.4, -0.2) is 44.4 Å². The largest absolute Gasteiger partial charge is 0.481 e. The molecule has 2 unspecified atom stereocenters. The number of urea groups is 1. The molecule has 2 heterocycles. The van der Waals surface area contributed by atoms with Crippen molar-refractivity contribution < 1.29 is 14.7 Å². The molecule has 0 bridgehead atoms. The predicted molar refractivity (Wildman–Crippen MR) is 76.7 cm³/mol. The number of carboxylic acids is 1. The first-order chi connectivity index (χ1) is 9.88. The second kappa shape index (κ2) is 6.15. The van der Waals surface area contributed by atoms with Gasteiger partial charge in [-0.3, -0.25) is 9.48 Å². The number of carbonyl (C=O) groups is 2. The van der Waals surface area contributed by atoms with E-state index < -0.39 is 5.97 Å². The zero-order chi connectivity index (χ0) is 15.6. The molecule has 7 heteroatoms. The Kier molecular flexibility index (Phi) is 4.50. The van der Waals surface area contributed by atoms with Gasteiger partial charge in [0.2, 0.25) is 0 Å². The number of aliphatic carboxylic acids is 1. The lowest BCUT2D eigenvalue weighted by Gasteiger charge is -2.36. The number of nitrogens with zero attached hydrogens (tertiary/aromatic N) is 3. The van der Waals surface area contributed by atoms with Crippen LogP contribution in [0.2, 0.25) is 0 Å². The molecule has 1 aromatic rings. The number of nitrogens with one attached hydrogen (secondary N) is 1. The van der Waals surface area contributed by atoms with Crippen molar-refractivity contribution in [1.82, 2.24) is 20.0 Å². The average molecular weight is 294 g/mol. The maximum absolute atomic E-state index is 12.2. The van der Waals surface area contributed by atoms with Crippen LogP contribution in [0.25, 0.3) is 0 Å². The Balaban J connectivity index is 1.89. The van der Waals surface area contributed by atoms with E-state index in [2.05, 4.69) is 10.4 Å². The number of amides is 2. The summed E-state index contributed by atoms with van der Waals surface area (Å²) in [5.74, 6) is -1.11. The molecular formula is C14H22N4O3. The lowest BCUT2D eigenvalue weighted by molar-refractivity contribution is -0.143. The molecule has 2 atom stereocenters. The van der Waals surface area contributed by atoms with Gasteiger partial charge in [0.25, 0.3) is 0 Å². The van der Waals surface area contributed by atoms with Crippen LogP contribution in [0.4, 0.5) is 4.79 Å². The third kappa shape index (κ3) is 3.53. The summed E-state index contributed by atoms with van der Waals surface area (Å²) in [6, 6.07) is -0.204. The zero-order valence-corrected chi connectivity index (χ0v) is 12.7. The highest BCUT2D eigenvalue weighted by molar-refractivity contribution is 5.75. The van der Waals surface area contributed by atoms with E-state index in [0.717, 1.165) is 11.3 Å². The Labute approximate surface area is 123 Å². The van der Waals surface area contributed by atoms with Gasteiger partial charge in [0, 0.05) is 37.9 Å². The minimum atomic E-state index is -0.770. The monoisotopic (exact) mass is 294 g/mol. The molecule has 2 amide bonds. The second-order valence-electron chi connectivity index (χ2n) is 5.67. The third-order valence-corrected chi connectivity index (χ3v) is 4.03. The van der Waals surface area contributed by atoms with Crippen LogP contribution in [0.1, 0.15) is 31.0 Å². The first-order valence-corrected chi connectivity index (χ1v) is 7.15. The minimum Gasteiger partial charge on any atom is -0.481 e. The quantitative estimate of drug-likeness (QED) is 0.874. The van der Waals surface area contributed by atoms with Crippen LogP contribution in [0.15, 0.2) is 6.20 Å². The fourth-order valence-corrected chi connectivity index (χ4v) is 2.79. The first kappa shape index (κ1) is 15.3. The molecular weight excluding hydrogens is 272 g/mol. The topological polar surface area (TPSA) is 87.5 Å². The van der Waals surface area contributed by atoms with Crippen molar-refractivity contribution in [2.24, 2.45) is 13.0 Å². The van der Waals surface area contributed by atoms with Crippen LogP contribution in [0.3, 0.4) is 0 Å². The second-order valence-corrected chi connectivity index (χ2v) is 5.67. The van der Waals surface area contributed by atoms with E-state index in [1.54, 1.807) is 9.58 Å². The molecule has 0 aromatic carbocycles. The third-order valence-electron chi connectivity index (χ3n) is 4.03. The number of hydrogen-bond acceptors (Lipinski definition) is 3. The van der Waals surface area contributed by atoms with Crippen LogP contribution in [-0.2, 0) is 18.4 Å². The molecule has 1 aliphatic rings. The number of hydrogen-bond donors (Lipinski definition) is 2. The van der Waals surface area contributed by atoms with Crippen molar-refractivity contribution in [1.29, 1.82) is 0 Å². The van der Waals surface area contributed by atoms with Crippen molar-refractivity contribution in [2.45, 2.75) is 39.3 Å². The van der Waals surface area contributed by atoms with Crippen LogP contribution >= 0.6 is 0 Å². The molecule has 1 saturated heterocycles. The Morgan fingerprint density at radius 2 is 2.24 bits per heavy atom. The number of likely N-dealkylation sites (tertiary alicyclic amines) is 1. The fraction of sp³-hybridized carbons (Fsp3) is 0.643. The van der Waals surface area contributed by atoms with Crippen molar-refractivity contribution in [2.75, 3.05) is 6.54 Å². The van der Waals surface area contributed by atoms with Crippen LogP contribution in [0.5, 0.6) is 0 Å². The molecule has 0 saturated carbocycles. The molecule has 116 valence electrons. The number of rotatable bonds is 3. The van der Waals surface area contributed by atoms with E-state index in [1.807, 2.05) is 27.1 Å². The Morgan fingerprint density at radius 3 is 2.76 bits per heavy atom. The smallest absolute Gasteiger partial charge is 0.317 e. The maximum atomic E-state index is 12.2. The summed E-state index contributed by atoms with van der Waals surface area (Å²) in [4.78, 5) is 24.9. The lowest BCUT2D eigenvalue weighted by Crippen LogP contribution is -2.50. The van der Waals surface area contributed by atoms with Gasteiger partial charge in [-0.25, -0.2) is 4.79 Å². The van der Waals surface area contributed by atoms with Gasteiger partial charge >= 0.3 is 12.0 Å². The Bertz CT molecular complexity index is 540. The van der Waals surface area contributed by atoms with E-state index in [0.29, 0.717) is 25.9 Å². The highest BCUT2D eigenvalue weighted by Crippen LogP contribution is 2.23. The van der Waals surface area contributed by atoms with Gasteiger partial charge in [-0.05, 0) is 26.7 Å². The van der Waals surface area contributed by atoms with E-state index in [9.17, 15) is 9.59 Å². The van der Waals surface area contributed by atoms with Gasteiger partial charge in [-0.15, -0.1) is 0 Å². The average Bonchev–Trinajstić information content (AvgIpc) is 2.74. The standard InChI is InChI=1S/C14H22N4O3/c1-9-6-11(13(19)20)4-5-18(9)14(21)15-7-12-8-17(3)16-10(12)2/h8-9,11H,4-7H2,1-3H3,(H,15,21)(H,19,20). The molecule has 2 N–H and O–H groups in total. The van der Waals surface area contributed by atoms with Crippen molar-refractivity contribution in [3.8, 4) is 0 Å². The Hall–Kier alpha value is -2.05. The lowest BCUT2D eigenvalue weighted by atomic mass is 9.92. The van der Waals surface area contributed by atoms with E-state index in [-0.39, 0.29) is 18.0 Å². The molecule has 7 nitrogen and oxygen atoms in total. The summed E-state index contributed by atoms with van der Waals surface area (Å²) in [6.45, 7) is 4.71. The highest BCUT2D eigenvalue weighted by atomic mass is 16.4. The van der Waals surface area contributed by atoms with E-state index in [4.69, 9.17) is 5.11 Å². The van der Waals surface area contributed by atoms with Gasteiger partial charge in [0.1, 0.15) is 0 Å². The summed E-state index contributed by atoms with van der Waals surface area (Å²) in [5.41, 5.74) is 1.88. The number of carboxylic acid groups (broad SMARTS) is 1. The Morgan fingerprint density at radius 1 is 1.52 bits per heavy atom. The summed E-state index contributed by atoms with van der Waals surface area (Å²) in [6.07, 6.45) is 2.91. The van der Waals surface area contributed by atoms with E-state index in [1.165, 1.54) is 0 Å². The number of piperidine rings is 1. The van der Waals surface area contributed by atoms with Gasteiger partial charge < -0.3 is 15.3 Å². The molecule has 1 aliphatic heterocycles. The summed E-state index contributed by atoms with van der Waals surface area (Å²) < 4.78 is 1.72. The molecule has 1 aromatic heterocycles. The summed E-state index contributed by atoms with van der Waals surface area (Å²) in [5, 5.41) is 16.2. The molecule has 21 heavy (non-hydrogen) atoms. The van der Waals surface area contributed by atoms with E-state index >= 15 is 0 Å². The van der Waals surface area contributed by atoms with Gasteiger partial charge in [0.05, 0.1) is 11.6 Å². The summed E-state index contributed by atoms with van der Waals surface area (Å²) >= 11 is 0. The molecule has 0 aliphatic carbocycles. The highest BCUT2D eigenvalue weighted by Gasteiger charge is 2.32. The molecule has 0 spiro atoms. The van der Waals surface area contributed by atoms with Gasteiger partial charge in [-0.2, -0.15) is 5.10 Å². The van der Waals surface area contributed by atoms with Gasteiger partial charge in [0.15, 0.2) is 0 Å². The zero-order valence-electron chi connectivity index (χ0n) is 12.7. The van der Waals surface area contributed by atoms with Crippen molar-refractivity contribution in [3.05, 3.63) is 17.5 Å². The number of aromatic nitrogens is 2. The molecule has 2 rings (SSSR count). The first-order valence-electron chi connectivity index (χ1n) is 7.15. The number of carbonyl (C=O) groups excluding carboxylic acids is 1. The maximum Gasteiger partial charge on any atom is 0.317 e. The fourth-order valence-electron chi connectivity index (χ4n) is 2.79. The molecule has 0 radical (unpaired) electrons. The van der Waals surface area contributed by atoms with Gasteiger partial charge in [-0.1, -0.05) is 0 Å². The van der Waals surface area contributed by atoms with Crippen molar-refractivity contribution in [3.63, 3.8) is 0 Å². The van der Waals surface area contributed by atoms with Crippen molar-refractivity contribution >= 4 is 12.0 Å². The van der Waals surface area contributed by atoms with Crippen LogP contribution < -0.4 is 5.32 Å². The normalized spacial score (nSPS) is 22.1. The number of aryl methyl sites for hydroxylation is 2. The SMILES string of the molecule is Cc1nn(C)cc1CNC(=O)N1CCC(C(=O)O)CC1C. The van der Waals surface area contributed by atoms with Crippen LogP contribution in [0, 0.1) is 12.8 Å².